The summed E-state index contributed by atoms with van der Waals surface area (Å²) in [5, 5.41) is 3.65. The number of hydrogen-bond donors (Lipinski definition) is 1. The highest BCUT2D eigenvalue weighted by Crippen LogP contribution is 2.25. The SMILES string of the molecule is CC(C)CCC(C)NC(=O)c1cccc(Cl)c1Cl. The second kappa shape index (κ2) is 7.01. The lowest BCUT2D eigenvalue weighted by Crippen LogP contribution is -2.32. The van der Waals surface area contributed by atoms with Crippen LogP contribution in [0.4, 0.5) is 0 Å². The topological polar surface area (TPSA) is 29.1 Å². The Morgan fingerprint density at radius 2 is 1.89 bits per heavy atom. The van der Waals surface area contributed by atoms with E-state index in [0.717, 1.165) is 12.8 Å². The van der Waals surface area contributed by atoms with Crippen LogP contribution in [0.2, 0.25) is 10.0 Å². The summed E-state index contributed by atoms with van der Waals surface area (Å²) in [5.41, 5.74) is 0.431. The third kappa shape index (κ3) is 4.51. The number of halogens is 2. The minimum Gasteiger partial charge on any atom is -0.350 e. The molecule has 1 N–H and O–H groups in total. The third-order valence-electron chi connectivity index (χ3n) is 2.75. The summed E-state index contributed by atoms with van der Waals surface area (Å²) < 4.78 is 0. The van der Waals surface area contributed by atoms with Crippen molar-refractivity contribution in [2.45, 2.75) is 39.7 Å². The fourth-order valence-electron chi connectivity index (χ4n) is 1.64. The Morgan fingerprint density at radius 3 is 2.50 bits per heavy atom. The molecule has 0 bridgehead atoms. The summed E-state index contributed by atoms with van der Waals surface area (Å²) in [6, 6.07) is 5.21. The smallest absolute Gasteiger partial charge is 0.253 e. The van der Waals surface area contributed by atoms with Crippen LogP contribution in [-0.2, 0) is 0 Å². The van der Waals surface area contributed by atoms with E-state index in [2.05, 4.69) is 19.2 Å². The number of benzene rings is 1. The van der Waals surface area contributed by atoms with Crippen LogP contribution in [0.3, 0.4) is 0 Å². The van der Waals surface area contributed by atoms with Crippen molar-refractivity contribution in [2.24, 2.45) is 5.92 Å². The first-order valence-corrected chi connectivity index (χ1v) is 6.92. The lowest BCUT2D eigenvalue weighted by atomic mass is 10.0. The van der Waals surface area contributed by atoms with Crippen LogP contribution in [0.25, 0.3) is 0 Å². The molecule has 1 unspecified atom stereocenters. The van der Waals surface area contributed by atoms with Gasteiger partial charge < -0.3 is 5.32 Å². The molecule has 0 aliphatic carbocycles. The van der Waals surface area contributed by atoms with Crippen molar-refractivity contribution in [2.75, 3.05) is 0 Å². The quantitative estimate of drug-likeness (QED) is 0.846. The van der Waals surface area contributed by atoms with Gasteiger partial charge in [-0.05, 0) is 37.8 Å². The number of amides is 1. The molecule has 100 valence electrons. The van der Waals surface area contributed by atoms with Crippen molar-refractivity contribution < 1.29 is 4.79 Å². The average molecular weight is 288 g/mol. The molecule has 0 radical (unpaired) electrons. The molecule has 0 spiro atoms. The monoisotopic (exact) mass is 287 g/mol. The molecular formula is C14H19Cl2NO. The molecule has 18 heavy (non-hydrogen) atoms. The van der Waals surface area contributed by atoms with E-state index in [-0.39, 0.29) is 11.9 Å². The van der Waals surface area contributed by atoms with Crippen molar-refractivity contribution >= 4 is 29.1 Å². The summed E-state index contributed by atoms with van der Waals surface area (Å²) in [7, 11) is 0. The van der Waals surface area contributed by atoms with Gasteiger partial charge in [-0.2, -0.15) is 0 Å². The predicted molar refractivity (Wildman–Crippen MR) is 77.5 cm³/mol. The van der Waals surface area contributed by atoms with E-state index in [4.69, 9.17) is 23.2 Å². The maximum atomic E-state index is 12.0. The van der Waals surface area contributed by atoms with Crippen LogP contribution in [0.15, 0.2) is 18.2 Å². The van der Waals surface area contributed by atoms with E-state index in [1.807, 2.05) is 6.92 Å². The molecule has 4 heteroatoms. The molecule has 1 amide bonds. The van der Waals surface area contributed by atoms with Crippen LogP contribution < -0.4 is 5.32 Å². The summed E-state index contributed by atoms with van der Waals surface area (Å²) in [5.74, 6) is 0.470. The molecule has 0 fully saturated rings. The van der Waals surface area contributed by atoms with Gasteiger partial charge in [0.1, 0.15) is 0 Å². The van der Waals surface area contributed by atoms with E-state index in [1.165, 1.54) is 0 Å². The first-order chi connectivity index (χ1) is 8.41. The summed E-state index contributed by atoms with van der Waals surface area (Å²) >= 11 is 11.9. The molecule has 1 rings (SSSR count). The van der Waals surface area contributed by atoms with Crippen molar-refractivity contribution in [3.63, 3.8) is 0 Å². The molecule has 1 aromatic carbocycles. The Morgan fingerprint density at radius 1 is 1.22 bits per heavy atom. The zero-order valence-electron chi connectivity index (χ0n) is 11.0. The van der Waals surface area contributed by atoms with Gasteiger partial charge in [-0.25, -0.2) is 0 Å². The molecule has 0 heterocycles. The lowest BCUT2D eigenvalue weighted by molar-refractivity contribution is 0.0937. The van der Waals surface area contributed by atoms with Gasteiger partial charge in [0.2, 0.25) is 0 Å². The highest BCUT2D eigenvalue weighted by molar-refractivity contribution is 6.43. The number of carbonyl (C=O) groups excluding carboxylic acids is 1. The zero-order valence-corrected chi connectivity index (χ0v) is 12.5. The second-order valence-electron chi connectivity index (χ2n) is 4.95. The number of rotatable bonds is 5. The van der Waals surface area contributed by atoms with Crippen molar-refractivity contribution in [1.29, 1.82) is 0 Å². The minimum atomic E-state index is -0.168. The van der Waals surface area contributed by atoms with Gasteiger partial charge in [0.25, 0.3) is 5.91 Å². The van der Waals surface area contributed by atoms with E-state index < -0.39 is 0 Å². The second-order valence-corrected chi connectivity index (χ2v) is 5.73. The van der Waals surface area contributed by atoms with Gasteiger partial charge >= 0.3 is 0 Å². The Labute approximate surface area is 119 Å². The molecule has 0 saturated heterocycles. The lowest BCUT2D eigenvalue weighted by Gasteiger charge is -2.15. The van der Waals surface area contributed by atoms with Gasteiger partial charge in [-0.3, -0.25) is 4.79 Å². The normalized spacial score (nSPS) is 12.6. The predicted octanol–water partition coefficient (Wildman–Crippen LogP) is 4.55. The molecule has 0 aliphatic rings. The molecule has 0 aliphatic heterocycles. The summed E-state index contributed by atoms with van der Waals surface area (Å²) in [6.07, 6.45) is 2.05. The van der Waals surface area contributed by atoms with Gasteiger partial charge in [-0.15, -0.1) is 0 Å². The van der Waals surface area contributed by atoms with Crippen LogP contribution in [0.1, 0.15) is 44.0 Å². The van der Waals surface area contributed by atoms with E-state index in [1.54, 1.807) is 18.2 Å². The van der Waals surface area contributed by atoms with Gasteiger partial charge in [0, 0.05) is 6.04 Å². The van der Waals surface area contributed by atoms with Gasteiger partial charge in [0.15, 0.2) is 0 Å². The van der Waals surface area contributed by atoms with Crippen LogP contribution >= 0.6 is 23.2 Å². The maximum Gasteiger partial charge on any atom is 0.253 e. The number of hydrogen-bond acceptors (Lipinski definition) is 1. The Hall–Kier alpha value is -0.730. The van der Waals surface area contributed by atoms with Crippen molar-refractivity contribution in [1.82, 2.24) is 5.32 Å². The highest BCUT2D eigenvalue weighted by atomic mass is 35.5. The molecule has 1 aromatic rings. The number of nitrogens with one attached hydrogen (secondary N) is 1. The molecule has 0 aromatic heterocycles. The fourth-order valence-corrected chi connectivity index (χ4v) is 2.02. The van der Waals surface area contributed by atoms with Crippen LogP contribution in [0, 0.1) is 5.92 Å². The highest BCUT2D eigenvalue weighted by Gasteiger charge is 2.14. The molecule has 2 nitrogen and oxygen atoms in total. The third-order valence-corrected chi connectivity index (χ3v) is 3.57. The Bertz CT molecular complexity index is 418. The first kappa shape index (κ1) is 15.3. The fraction of sp³-hybridized carbons (Fsp3) is 0.500. The Kier molecular flexibility index (Phi) is 5.97. The molecular weight excluding hydrogens is 269 g/mol. The minimum absolute atomic E-state index is 0.134. The maximum absolute atomic E-state index is 12.0. The first-order valence-electron chi connectivity index (χ1n) is 6.16. The molecule has 1 atom stereocenters. The van der Waals surface area contributed by atoms with Crippen LogP contribution in [0.5, 0.6) is 0 Å². The Balaban J connectivity index is 2.62. The van der Waals surface area contributed by atoms with E-state index >= 15 is 0 Å². The summed E-state index contributed by atoms with van der Waals surface area (Å²) in [4.78, 5) is 12.0. The largest absolute Gasteiger partial charge is 0.350 e. The number of carbonyl (C=O) groups is 1. The summed E-state index contributed by atoms with van der Waals surface area (Å²) in [6.45, 7) is 6.34. The van der Waals surface area contributed by atoms with Gasteiger partial charge in [-0.1, -0.05) is 43.1 Å². The molecule has 0 saturated carbocycles. The standard InChI is InChI=1S/C14H19Cl2NO/c1-9(2)7-8-10(3)17-14(18)11-5-4-6-12(15)13(11)16/h4-6,9-10H,7-8H2,1-3H3,(H,17,18). The van der Waals surface area contributed by atoms with E-state index in [0.29, 0.717) is 21.5 Å². The average Bonchev–Trinajstić information content (AvgIpc) is 2.30. The van der Waals surface area contributed by atoms with Gasteiger partial charge in [0.05, 0.1) is 15.6 Å². The van der Waals surface area contributed by atoms with Crippen molar-refractivity contribution in [3.05, 3.63) is 33.8 Å². The zero-order chi connectivity index (χ0) is 13.7. The van der Waals surface area contributed by atoms with Crippen LogP contribution in [-0.4, -0.2) is 11.9 Å². The van der Waals surface area contributed by atoms with Crippen molar-refractivity contribution in [3.8, 4) is 0 Å². The van der Waals surface area contributed by atoms with E-state index in [9.17, 15) is 4.79 Å².